The number of hydrogen-bond donors (Lipinski definition) is 1. The van der Waals surface area contributed by atoms with Crippen LogP contribution in [0, 0.1) is 22.7 Å². The molecule has 0 amide bonds. The summed E-state index contributed by atoms with van der Waals surface area (Å²) < 4.78 is 5.24. The van der Waals surface area contributed by atoms with Crippen molar-refractivity contribution in [1.29, 1.82) is 10.5 Å². The molecule has 0 aliphatic rings. The van der Waals surface area contributed by atoms with Crippen molar-refractivity contribution < 1.29 is 4.74 Å². The second-order valence-electron chi connectivity index (χ2n) is 3.73. The third-order valence-electron chi connectivity index (χ3n) is 2.58. The summed E-state index contributed by atoms with van der Waals surface area (Å²) in [6, 6.07) is 13.2. The Morgan fingerprint density at radius 3 is 2.68 bits per heavy atom. The molecular formula is C14H11N3OS. The minimum absolute atomic E-state index is 0.538. The molecule has 1 N–H and O–H groups in total. The van der Waals surface area contributed by atoms with Crippen LogP contribution in [-0.2, 0) is 6.54 Å². The van der Waals surface area contributed by atoms with E-state index in [9.17, 15) is 0 Å². The summed E-state index contributed by atoms with van der Waals surface area (Å²) in [6.45, 7) is 0.557. The van der Waals surface area contributed by atoms with E-state index in [1.54, 1.807) is 31.4 Å². The lowest BCUT2D eigenvalue weighted by atomic mass is 10.1. The highest BCUT2D eigenvalue weighted by Gasteiger charge is 2.09. The lowest BCUT2D eigenvalue weighted by Gasteiger charge is -2.11. The average molecular weight is 269 g/mol. The number of hydrogen-bond acceptors (Lipinski definition) is 5. The molecule has 2 aromatic rings. The summed E-state index contributed by atoms with van der Waals surface area (Å²) in [5.74, 6) is 0.635. The number of nitrogens with one attached hydrogen (secondary N) is 1. The first kappa shape index (κ1) is 12.9. The minimum atomic E-state index is 0.538. The van der Waals surface area contributed by atoms with Gasteiger partial charge in [0, 0.05) is 11.4 Å². The summed E-state index contributed by atoms with van der Waals surface area (Å²) in [5.41, 5.74) is 1.22. The first-order valence-corrected chi connectivity index (χ1v) is 6.40. The molecule has 1 aromatic heterocycles. The van der Waals surface area contributed by atoms with E-state index in [-0.39, 0.29) is 0 Å². The molecule has 2 rings (SSSR count). The zero-order chi connectivity index (χ0) is 13.7. The van der Waals surface area contributed by atoms with Gasteiger partial charge in [0.1, 0.15) is 22.8 Å². The van der Waals surface area contributed by atoms with Gasteiger partial charge in [-0.05, 0) is 24.3 Å². The Bertz CT molecular complexity index is 664. The van der Waals surface area contributed by atoms with E-state index in [4.69, 9.17) is 15.3 Å². The minimum Gasteiger partial charge on any atom is -0.495 e. The van der Waals surface area contributed by atoms with Crippen molar-refractivity contribution in [2.75, 3.05) is 12.4 Å². The largest absolute Gasteiger partial charge is 0.495 e. The molecule has 0 unspecified atom stereocenters. The molecule has 94 valence electrons. The summed E-state index contributed by atoms with van der Waals surface area (Å²) in [4.78, 5) is 1.71. The molecule has 0 saturated heterocycles. The van der Waals surface area contributed by atoms with Crippen molar-refractivity contribution in [3.63, 3.8) is 0 Å². The van der Waals surface area contributed by atoms with E-state index in [0.717, 1.165) is 4.88 Å². The van der Waals surface area contributed by atoms with Crippen molar-refractivity contribution in [2.45, 2.75) is 6.54 Å². The predicted octanol–water partition coefficient (Wildman–Crippen LogP) is 3.11. The van der Waals surface area contributed by atoms with Gasteiger partial charge >= 0.3 is 0 Å². The van der Waals surface area contributed by atoms with E-state index in [1.807, 2.05) is 6.07 Å². The van der Waals surface area contributed by atoms with Crippen LogP contribution in [0.25, 0.3) is 0 Å². The van der Waals surface area contributed by atoms with Gasteiger partial charge in [-0.1, -0.05) is 6.07 Å². The Hall–Kier alpha value is -2.50. The Labute approximate surface area is 115 Å². The van der Waals surface area contributed by atoms with Gasteiger partial charge in [0.05, 0.1) is 18.4 Å². The molecule has 0 atom stereocenters. The molecular weight excluding hydrogens is 258 g/mol. The Balaban J connectivity index is 2.19. The van der Waals surface area contributed by atoms with Crippen LogP contribution in [0.15, 0.2) is 30.3 Å². The quantitative estimate of drug-likeness (QED) is 0.925. The zero-order valence-electron chi connectivity index (χ0n) is 10.3. The molecule has 1 heterocycles. The summed E-state index contributed by atoms with van der Waals surface area (Å²) in [7, 11) is 1.57. The molecule has 5 heteroatoms. The monoisotopic (exact) mass is 269 g/mol. The number of benzene rings is 1. The van der Waals surface area contributed by atoms with Gasteiger partial charge in [0.25, 0.3) is 0 Å². The lowest BCUT2D eigenvalue weighted by molar-refractivity contribution is 0.416. The first-order chi connectivity index (χ1) is 9.28. The second-order valence-corrected chi connectivity index (χ2v) is 4.89. The standard InChI is InChI=1S/C14H11N3OS/c1-18-13-4-2-3-10(7-15)14(13)17-9-12-6-5-11(8-16)19-12/h2-6,17H,9H2,1H3. The van der Waals surface area contributed by atoms with Crippen LogP contribution in [0.1, 0.15) is 15.3 Å². The van der Waals surface area contributed by atoms with Gasteiger partial charge in [-0.3, -0.25) is 0 Å². The Kier molecular flexibility index (Phi) is 4.02. The van der Waals surface area contributed by atoms with E-state index >= 15 is 0 Å². The van der Waals surface area contributed by atoms with Crippen molar-refractivity contribution in [1.82, 2.24) is 0 Å². The number of nitrogens with zero attached hydrogens (tertiary/aromatic N) is 2. The number of ether oxygens (including phenoxy) is 1. The van der Waals surface area contributed by atoms with Crippen LogP contribution in [0.4, 0.5) is 5.69 Å². The van der Waals surface area contributed by atoms with Gasteiger partial charge in [-0.2, -0.15) is 10.5 Å². The van der Waals surface area contributed by atoms with E-state index in [1.165, 1.54) is 11.3 Å². The smallest absolute Gasteiger partial charge is 0.143 e. The van der Waals surface area contributed by atoms with Crippen molar-refractivity contribution in [3.8, 4) is 17.9 Å². The Morgan fingerprint density at radius 2 is 2.05 bits per heavy atom. The molecule has 0 aliphatic carbocycles. The maximum atomic E-state index is 9.09. The lowest BCUT2D eigenvalue weighted by Crippen LogP contribution is -2.02. The summed E-state index contributed by atoms with van der Waals surface area (Å²) in [5, 5.41) is 21.1. The highest BCUT2D eigenvalue weighted by molar-refractivity contribution is 7.12. The van der Waals surface area contributed by atoms with E-state index in [0.29, 0.717) is 28.4 Å². The van der Waals surface area contributed by atoms with Gasteiger partial charge in [-0.15, -0.1) is 11.3 Å². The van der Waals surface area contributed by atoms with Crippen molar-refractivity contribution in [2.24, 2.45) is 0 Å². The number of para-hydroxylation sites is 1. The topological polar surface area (TPSA) is 68.8 Å². The molecule has 0 saturated carbocycles. The fraction of sp³-hybridized carbons (Fsp3) is 0.143. The molecule has 0 fully saturated rings. The van der Waals surface area contributed by atoms with Crippen LogP contribution in [0.2, 0.25) is 0 Å². The SMILES string of the molecule is COc1cccc(C#N)c1NCc1ccc(C#N)s1. The van der Waals surface area contributed by atoms with Crippen molar-refractivity contribution in [3.05, 3.63) is 45.6 Å². The number of thiophene rings is 1. The van der Waals surface area contributed by atoms with Gasteiger partial charge in [-0.25, -0.2) is 0 Å². The summed E-state index contributed by atoms with van der Waals surface area (Å²) >= 11 is 1.43. The number of methoxy groups -OCH3 is 1. The molecule has 0 aliphatic heterocycles. The third kappa shape index (κ3) is 2.85. The fourth-order valence-corrected chi connectivity index (χ4v) is 2.43. The number of anilines is 1. The van der Waals surface area contributed by atoms with Crippen LogP contribution in [0.3, 0.4) is 0 Å². The van der Waals surface area contributed by atoms with Crippen molar-refractivity contribution >= 4 is 17.0 Å². The summed E-state index contributed by atoms with van der Waals surface area (Å²) in [6.07, 6.45) is 0. The zero-order valence-corrected chi connectivity index (χ0v) is 11.1. The second kappa shape index (κ2) is 5.90. The van der Waals surface area contributed by atoms with E-state index in [2.05, 4.69) is 17.5 Å². The maximum Gasteiger partial charge on any atom is 0.143 e. The molecule has 0 radical (unpaired) electrons. The van der Waals surface area contributed by atoms with Crippen LogP contribution < -0.4 is 10.1 Å². The normalized spacial score (nSPS) is 9.42. The van der Waals surface area contributed by atoms with Gasteiger partial charge in [0.15, 0.2) is 0 Å². The highest BCUT2D eigenvalue weighted by Crippen LogP contribution is 2.29. The van der Waals surface area contributed by atoms with Crippen LogP contribution in [-0.4, -0.2) is 7.11 Å². The maximum absolute atomic E-state index is 9.09. The number of nitriles is 2. The van der Waals surface area contributed by atoms with Gasteiger partial charge in [0.2, 0.25) is 0 Å². The Morgan fingerprint density at radius 1 is 1.21 bits per heavy atom. The number of rotatable bonds is 4. The van der Waals surface area contributed by atoms with Crippen LogP contribution in [0.5, 0.6) is 5.75 Å². The third-order valence-corrected chi connectivity index (χ3v) is 3.57. The molecule has 1 aromatic carbocycles. The van der Waals surface area contributed by atoms with Crippen LogP contribution >= 0.6 is 11.3 Å². The average Bonchev–Trinajstić information content (AvgIpc) is 2.92. The highest BCUT2D eigenvalue weighted by atomic mass is 32.1. The first-order valence-electron chi connectivity index (χ1n) is 5.58. The molecule has 0 bridgehead atoms. The fourth-order valence-electron chi connectivity index (χ4n) is 1.69. The molecule has 0 spiro atoms. The van der Waals surface area contributed by atoms with E-state index < -0.39 is 0 Å². The molecule has 19 heavy (non-hydrogen) atoms. The molecule has 4 nitrogen and oxygen atoms in total. The predicted molar refractivity (Wildman–Crippen MR) is 74.1 cm³/mol. The van der Waals surface area contributed by atoms with Gasteiger partial charge < -0.3 is 10.1 Å².